The van der Waals surface area contributed by atoms with Gasteiger partial charge in [-0.3, -0.25) is 4.79 Å². The monoisotopic (exact) mass is 325 g/mol. The Kier molecular flexibility index (Phi) is 4.30. The van der Waals surface area contributed by atoms with Gasteiger partial charge >= 0.3 is 0 Å². The Morgan fingerprint density at radius 1 is 1.50 bits per heavy atom. The minimum atomic E-state index is -0.950. The largest absolute Gasteiger partial charge is 0.394 e. The topological polar surface area (TPSA) is 96.1 Å². The highest BCUT2D eigenvalue weighted by molar-refractivity contribution is 6.30. The number of hydrogen-bond donors (Lipinski definition) is 3. The van der Waals surface area contributed by atoms with E-state index in [4.69, 9.17) is 21.4 Å². The first-order valence-electron chi connectivity index (χ1n) is 6.94. The van der Waals surface area contributed by atoms with Gasteiger partial charge in [0, 0.05) is 19.0 Å². The maximum Gasteiger partial charge on any atom is 0.271 e. The van der Waals surface area contributed by atoms with Gasteiger partial charge in [-0.15, -0.1) is 0 Å². The second kappa shape index (κ2) is 6.21. The van der Waals surface area contributed by atoms with Crippen molar-refractivity contribution in [3.8, 4) is 0 Å². The van der Waals surface area contributed by atoms with Crippen LogP contribution in [0.25, 0.3) is 5.65 Å². The van der Waals surface area contributed by atoms with Gasteiger partial charge in [0.05, 0.1) is 17.7 Å². The highest BCUT2D eigenvalue weighted by Crippen LogP contribution is 2.16. The van der Waals surface area contributed by atoms with E-state index in [0.717, 1.165) is 0 Å². The zero-order chi connectivity index (χ0) is 15.7. The number of nitrogens with zero attached hydrogens (tertiary/aromatic N) is 2. The molecule has 1 aliphatic heterocycles. The Hall–Kier alpha value is -1.67. The van der Waals surface area contributed by atoms with Crippen LogP contribution in [-0.4, -0.2) is 57.0 Å². The smallest absolute Gasteiger partial charge is 0.271 e. The van der Waals surface area contributed by atoms with E-state index in [1.807, 2.05) is 0 Å². The molecule has 0 saturated carbocycles. The molecule has 1 fully saturated rings. The Bertz CT molecular complexity index is 690. The summed E-state index contributed by atoms with van der Waals surface area (Å²) in [5.74, 6) is -0.387. The van der Waals surface area contributed by atoms with Crippen molar-refractivity contribution in [3.63, 3.8) is 0 Å². The molecule has 3 atom stereocenters. The lowest BCUT2D eigenvalue weighted by Crippen LogP contribution is -2.54. The summed E-state index contributed by atoms with van der Waals surface area (Å²) in [5.41, 5.74) is 0.844. The molecule has 3 rings (SSSR count). The van der Waals surface area contributed by atoms with E-state index in [1.165, 1.54) is 0 Å². The summed E-state index contributed by atoms with van der Waals surface area (Å²) < 4.78 is 6.89. The van der Waals surface area contributed by atoms with Crippen LogP contribution in [0.15, 0.2) is 24.5 Å². The molecule has 0 spiro atoms. The van der Waals surface area contributed by atoms with Crippen LogP contribution in [0.5, 0.6) is 0 Å². The van der Waals surface area contributed by atoms with Crippen LogP contribution in [0.1, 0.15) is 16.9 Å². The summed E-state index contributed by atoms with van der Waals surface area (Å²) in [7, 11) is 0. The lowest BCUT2D eigenvalue weighted by Gasteiger charge is -2.34. The van der Waals surface area contributed by atoms with Gasteiger partial charge in [0.25, 0.3) is 5.91 Å². The maximum absolute atomic E-state index is 12.3. The van der Waals surface area contributed by atoms with Gasteiger partial charge in [-0.05, 0) is 18.6 Å². The molecular weight excluding hydrogens is 310 g/mol. The van der Waals surface area contributed by atoms with Gasteiger partial charge in [0.15, 0.2) is 0 Å². The number of fused-ring (bicyclic) bond motifs is 1. The van der Waals surface area contributed by atoms with Crippen molar-refractivity contribution in [2.24, 2.45) is 0 Å². The molecule has 118 valence electrons. The number of aliphatic hydroxyl groups excluding tert-OH is 2. The lowest BCUT2D eigenvalue weighted by atomic mass is 10.00. The Balaban J connectivity index is 1.75. The van der Waals surface area contributed by atoms with E-state index < -0.39 is 18.2 Å². The third-order valence-electron chi connectivity index (χ3n) is 3.70. The van der Waals surface area contributed by atoms with Gasteiger partial charge in [0.2, 0.25) is 0 Å². The third-order valence-corrected chi connectivity index (χ3v) is 3.92. The van der Waals surface area contributed by atoms with E-state index >= 15 is 0 Å². The number of aliphatic hydroxyl groups is 2. The van der Waals surface area contributed by atoms with Crippen LogP contribution < -0.4 is 5.32 Å². The number of halogens is 1. The number of imidazole rings is 1. The molecule has 1 saturated heterocycles. The van der Waals surface area contributed by atoms with Crippen LogP contribution in [0.2, 0.25) is 5.02 Å². The quantitative estimate of drug-likeness (QED) is 0.750. The number of carbonyl (C=O) groups is 1. The van der Waals surface area contributed by atoms with Gasteiger partial charge < -0.3 is 24.7 Å². The highest BCUT2D eigenvalue weighted by Gasteiger charge is 2.33. The molecule has 3 N–H and O–H groups in total. The minimum Gasteiger partial charge on any atom is -0.394 e. The summed E-state index contributed by atoms with van der Waals surface area (Å²) >= 11 is 5.89. The van der Waals surface area contributed by atoms with Crippen LogP contribution >= 0.6 is 11.6 Å². The molecule has 8 heteroatoms. The molecule has 7 nitrogen and oxygen atoms in total. The fourth-order valence-corrected chi connectivity index (χ4v) is 2.68. The number of nitrogens with one attached hydrogen (secondary N) is 1. The Morgan fingerprint density at radius 2 is 2.32 bits per heavy atom. The number of rotatable bonds is 3. The summed E-state index contributed by atoms with van der Waals surface area (Å²) in [5, 5.41) is 22.5. The number of aromatic nitrogens is 2. The molecular formula is C14H16ClN3O4. The zero-order valence-electron chi connectivity index (χ0n) is 11.6. The van der Waals surface area contributed by atoms with Crippen LogP contribution in [0.4, 0.5) is 0 Å². The fraction of sp³-hybridized carbons (Fsp3) is 0.429. The van der Waals surface area contributed by atoms with E-state index in [1.54, 1.807) is 28.9 Å². The molecule has 0 unspecified atom stereocenters. The third kappa shape index (κ3) is 2.93. The standard InChI is InChI=1S/C14H16ClN3O4/c15-8-1-2-12-16-10(6-18(12)5-8)14(21)17-9-3-4-22-11(7-19)13(9)20/h1-2,5-6,9,11,13,19-20H,3-4,7H2,(H,17,21)/t9-,11+,13-/m0/s1. The van der Waals surface area contributed by atoms with E-state index in [-0.39, 0.29) is 18.2 Å². The molecule has 0 bridgehead atoms. The number of hydrogen-bond acceptors (Lipinski definition) is 5. The first-order chi connectivity index (χ1) is 10.6. The minimum absolute atomic E-state index is 0.238. The summed E-state index contributed by atoms with van der Waals surface area (Å²) in [6.07, 6.45) is 2.08. The van der Waals surface area contributed by atoms with E-state index in [9.17, 15) is 9.90 Å². The average Bonchev–Trinajstić information content (AvgIpc) is 2.92. The average molecular weight is 326 g/mol. The number of pyridine rings is 1. The molecule has 22 heavy (non-hydrogen) atoms. The summed E-state index contributed by atoms with van der Waals surface area (Å²) in [6, 6.07) is 2.93. The molecule has 2 aromatic rings. The highest BCUT2D eigenvalue weighted by atomic mass is 35.5. The van der Waals surface area contributed by atoms with Crippen molar-refractivity contribution in [3.05, 3.63) is 35.2 Å². The van der Waals surface area contributed by atoms with Crippen LogP contribution in [-0.2, 0) is 4.74 Å². The van der Waals surface area contributed by atoms with Crippen molar-refractivity contribution < 1.29 is 19.7 Å². The van der Waals surface area contributed by atoms with Crippen molar-refractivity contribution >= 4 is 23.2 Å². The second-order valence-corrected chi connectivity index (χ2v) is 5.63. The predicted molar refractivity (Wildman–Crippen MR) is 78.9 cm³/mol. The molecule has 0 aromatic carbocycles. The molecule has 0 radical (unpaired) electrons. The van der Waals surface area contributed by atoms with Crippen LogP contribution in [0, 0.1) is 0 Å². The second-order valence-electron chi connectivity index (χ2n) is 5.19. The molecule has 1 aliphatic rings. The predicted octanol–water partition coefficient (Wildman–Crippen LogP) is 0.228. The van der Waals surface area contributed by atoms with Gasteiger partial charge in [-0.1, -0.05) is 11.6 Å². The van der Waals surface area contributed by atoms with Crippen molar-refractivity contribution in [1.29, 1.82) is 0 Å². The molecule has 0 aliphatic carbocycles. The Morgan fingerprint density at radius 3 is 3.09 bits per heavy atom. The van der Waals surface area contributed by atoms with Crippen molar-refractivity contribution in [2.75, 3.05) is 13.2 Å². The normalized spacial score (nSPS) is 25.3. The van der Waals surface area contributed by atoms with Gasteiger partial charge in [0.1, 0.15) is 23.5 Å². The van der Waals surface area contributed by atoms with E-state index in [2.05, 4.69) is 10.3 Å². The van der Waals surface area contributed by atoms with Gasteiger partial charge in [-0.25, -0.2) is 4.98 Å². The summed E-state index contributed by atoms with van der Waals surface area (Å²) in [4.78, 5) is 16.5. The van der Waals surface area contributed by atoms with E-state index in [0.29, 0.717) is 23.7 Å². The molecule has 1 amide bonds. The SMILES string of the molecule is O=C(N[C@H]1CCO[C@H](CO)[C@H]1O)c1cn2cc(Cl)ccc2n1. The first kappa shape index (κ1) is 15.2. The molecule has 3 heterocycles. The van der Waals surface area contributed by atoms with Crippen LogP contribution in [0.3, 0.4) is 0 Å². The first-order valence-corrected chi connectivity index (χ1v) is 7.32. The number of carbonyl (C=O) groups excluding carboxylic acids is 1. The lowest BCUT2D eigenvalue weighted by molar-refractivity contribution is -0.107. The number of ether oxygens (including phenoxy) is 1. The zero-order valence-corrected chi connectivity index (χ0v) is 12.4. The number of amides is 1. The molecule has 2 aromatic heterocycles. The van der Waals surface area contributed by atoms with Gasteiger partial charge in [-0.2, -0.15) is 0 Å². The fourth-order valence-electron chi connectivity index (χ4n) is 2.51. The van der Waals surface area contributed by atoms with Crippen molar-refractivity contribution in [1.82, 2.24) is 14.7 Å². The summed E-state index contributed by atoms with van der Waals surface area (Å²) in [6.45, 7) is 0.0778. The van der Waals surface area contributed by atoms with Crippen molar-refractivity contribution in [2.45, 2.75) is 24.7 Å². The Labute approximate surface area is 131 Å². The maximum atomic E-state index is 12.3.